The number of nitrogens with one attached hydrogen (secondary N) is 1. The molecule has 0 bridgehead atoms. The molecule has 0 rings (SSSR count). The number of nitrogens with zero attached hydrogens (tertiary/aromatic N) is 1. The van der Waals surface area contributed by atoms with Gasteiger partial charge >= 0.3 is 0 Å². The summed E-state index contributed by atoms with van der Waals surface area (Å²) >= 11 is 0. The van der Waals surface area contributed by atoms with Gasteiger partial charge in [0.1, 0.15) is 0 Å². The number of amides is 1. The maximum absolute atomic E-state index is 11.3. The molecule has 1 N–H and O–H groups in total. The Kier molecular flexibility index (Phi) is 5.72. The van der Waals surface area contributed by atoms with E-state index in [9.17, 15) is 4.79 Å². The molecule has 0 heterocycles. The molecule has 1 unspecified atom stereocenters. The van der Waals surface area contributed by atoms with Gasteiger partial charge in [0.05, 0.1) is 6.04 Å². The Morgan fingerprint density at radius 3 is 2.42 bits per heavy atom. The molecule has 0 aromatic carbocycles. The van der Waals surface area contributed by atoms with Crippen molar-refractivity contribution >= 4 is 5.91 Å². The number of carbonyl (C=O) groups is 1. The van der Waals surface area contributed by atoms with Crippen molar-refractivity contribution in [3.8, 4) is 0 Å². The van der Waals surface area contributed by atoms with Crippen LogP contribution in [-0.2, 0) is 4.79 Å². The quantitative estimate of drug-likeness (QED) is 0.628. The van der Waals surface area contributed by atoms with E-state index in [2.05, 4.69) is 12.2 Å². The fourth-order valence-corrected chi connectivity index (χ4v) is 1.19. The maximum Gasteiger partial charge on any atom is 0.237 e. The van der Waals surface area contributed by atoms with Crippen LogP contribution in [0.15, 0.2) is 0 Å². The molecule has 0 aliphatic carbocycles. The van der Waals surface area contributed by atoms with E-state index in [1.807, 2.05) is 19.0 Å². The molecule has 0 aromatic heterocycles. The first-order chi connectivity index (χ1) is 5.63. The van der Waals surface area contributed by atoms with Gasteiger partial charge in [-0.15, -0.1) is 0 Å². The Morgan fingerprint density at radius 2 is 2.08 bits per heavy atom. The molecular weight excluding hydrogens is 155 g/mol. The SMILES string of the molecule is CN([13CH3])C(CCC[13CH3])C(=O)N[13CH3]. The van der Waals surface area contributed by atoms with Gasteiger partial charge in [-0.2, -0.15) is 0 Å². The second-order valence-corrected chi connectivity index (χ2v) is 3.24. The zero-order chi connectivity index (χ0) is 9.56. The summed E-state index contributed by atoms with van der Waals surface area (Å²) in [5.74, 6) is 0.119. The molecule has 3 heteroatoms. The van der Waals surface area contributed by atoms with E-state index in [4.69, 9.17) is 0 Å². The number of rotatable bonds is 5. The first-order valence-corrected chi connectivity index (χ1v) is 4.51. The van der Waals surface area contributed by atoms with Crippen molar-refractivity contribution in [2.75, 3.05) is 21.1 Å². The predicted octanol–water partition coefficient (Wildman–Crippen LogP) is 0.853. The molecule has 0 aromatic rings. The van der Waals surface area contributed by atoms with E-state index in [1.54, 1.807) is 7.05 Å². The topological polar surface area (TPSA) is 32.3 Å². The summed E-state index contributed by atoms with van der Waals surface area (Å²) in [6.07, 6.45) is 3.20. The van der Waals surface area contributed by atoms with Gasteiger partial charge in [0, 0.05) is 7.05 Å². The molecule has 1 amide bonds. The number of hydrogen-bond donors (Lipinski definition) is 1. The number of likely N-dealkylation sites (N-methyl/N-ethyl adjacent to an activating group) is 2. The highest BCUT2D eigenvalue weighted by Crippen LogP contribution is 2.05. The van der Waals surface area contributed by atoms with E-state index in [1.165, 1.54) is 0 Å². The molecule has 0 fully saturated rings. The van der Waals surface area contributed by atoms with Gasteiger partial charge in [-0.25, -0.2) is 0 Å². The highest BCUT2D eigenvalue weighted by Gasteiger charge is 2.17. The third kappa shape index (κ3) is 3.72. The van der Waals surface area contributed by atoms with Crippen molar-refractivity contribution in [1.29, 1.82) is 0 Å². The Bertz CT molecular complexity index is 134. The summed E-state index contributed by atoms with van der Waals surface area (Å²) < 4.78 is 0. The van der Waals surface area contributed by atoms with Crippen molar-refractivity contribution in [2.24, 2.45) is 0 Å². The molecular formula is C9H20N2O. The van der Waals surface area contributed by atoms with Crippen LogP contribution in [0.1, 0.15) is 26.2 Å². The Morgan fingerprint density at radius 1 is 1.50 bits per heavy atom. The van der Waals surface area contributed by atoms with Crippen LogP contribution in [0.25, 0.3) is 0 Å². The Balaban J connectivity index is 3.95. The van der Waals surface area contributed by atoms with Gasteiger partial charge in [0.15, 0.2) is 0 Å². The molecule has 12 heavy (non-hydrogen) atoms. The molecule has 0 radical (unpaired) electrons. The monoisotopic (exact) mass is 175 g/mol. The first kappa shape index (κ1) is 11.4. The minimum atomic E-state index is 0.0370. The number of unbranched alkanes of at least 4 members (excludes halogenated alkanes) is 1. The van der Waals surface area contributed by atoms with E-state index >= 15 is 0 Å². The summed E-state index contributed by atoms with van der Waals surface area (Å²) in [4.78, 5) is 13.3. The molecule has 0 aliphatic heterocycles. The average Bonchev–Trinajstić information content (AvgIpc) is 2.04. The fraction of sp³-hybridized carbons (Fsp3) is 0.889. The Hall–Kier alpha value is -0.570. The molecule has 72 valence electrons. The minimum absolute atomic E-state index is 0.0370. The standard InChI is InChI=1S/C9H20N2O/c1-5-6-7-8(11(3)4)9(12)10-2/h8H,5-7H2,1-4H3,(H,10,12)/i1+1,2+1,3+1. The molecule has 0 aliphatic rings. The van der Waals surface area contributed by atoms with Crippen LogP contribution in [0.5, 0.6) is 0 Å². The second-order valence-electron chi connectivity index (χ2n) is 3.24. The van der Waals surface area contributed by atoms with Gasteiger partial charge in [-0.3, -0.25) is 9.69 Å². The molecule has 3 nitrogen and oxygen atoms in total. The average molecular weight is 175 g/mol. The van der Waals surface area contributed by atoms with Crippen molar-refractivity contribution in [3.63, 3.8) is 0 Å². The van der Waals surface area contributed by atoms with Gasteiger partial charge in [-0.05, 0) is 20.5 Å². The van der Waals surface area contributed by atoms with Crippen LogP contribution >= 0.6 is 0 Å². The zero-order valence-electron chi connectivity index (χ0n) is 8.55. The largest absolute Gasteiger partial charge is 0.358 e. The zero-order valence-corrected chi connectivity index (χ0v) is 8.55. The van der Waals surface area contributed by atoms with Crippen LogP contribution < -0.4 is 5.32 Å². The third-order valence-corrected chi connectivity index (χ3v) is 2.00. The number of hydrogen-bond acceptors (Lipinski definition) is 2. The van der Waals surface area contributed by atoms with E-state index in [-0.39, 0.29) is 11.9 Å². The van der Waals surface area contributed by atoms with Gasteiger partial charge in [-0.1, -0.05) is 19.8 Å². The molecule has 1 atom stereocenters. The molecule has 0 saturated heterocycles. The first-order valence-electron chi connectivity index (χ1n) is 4.51. The van der Waals surface area contributed by atoms with E-state index in [0.29, 0.717) is 0 Å². The Labute approximate surface area is 75.1 Å². The minimum Gasteiger partial charge on any atom is -0.358 e. The van der Waals surface area contributed by atoms with Crippen LogP contribution in [0, 0.1) is 0 Å². The summed E-state index contributed by atoms with van der Waals surface area (Å²) in [6.45, 7) is 2.14. The van der Waals surface area contributed by atoms with E-state index < -0.39 is 0 Å². The van der Waals surface area contributed by atoms with Crippen molar-refractivity contribution in [2.45, 2.75) is 32.2 Å². The summed E-state index contributed by atoms with van der Waals surface area (Å²) in [5.41, 5.74) is 0. The highest BCUT2D eigenvalue weighted by molar-refractivity contribution is 5.81. The van der Waals surface area contributed by atoms with Gasteiger partial charge < -0.3 is 5.32 Å². The van der Waals surface area contributed by atoms with Crippen LogP contribution in [0.3, 0.4) is 0 Å². The summed E-state index contributed by atoms with van der Waals surface area (Å²) in [6, 6.07) is 0.0370. The fourth-order valence-electron chi connectivity index (χ4n) is 1.19. The van der Waals surface area contributed by atoms with Gasteiger partial charge in [0.25, 0.3) is 0 Å². The van der Waals surface area contributed by atoms with Crippen LogP contribution in [0.4, 0.5) is 0 Å². The summed E-state index contributed by atoms with van der Waals surface area (Å²) in [5, 5.41) is 2.67. The van der Waals surface area contributed by atoms with Crippen molar-refractivity contribution in [3.05, 3.63) is 0 Å². The lowest BCUT2D eigenvalue weighted by Gasteiger charge is -2.22. The van der Waals surface area contributed by atoms with E-state index in [0.717, 1.165) is 19.3 Å². The van der Waals surface area contributed by atoms with Gasteiger partial charge in [0.2, 0.25) is 5.91 Å². The predicted molar refractivity (Wildman–Crippen MR) is 51.1 cm³/mol. The van der Waals surface area contributed by atoms with Crippen molar-refractivity contribution < 1.29 is 4.79 Å². The summed E-state index contributed by atoms with van der Waals surface area (Å²) in [7, 11) is 5.57. The number of carbonyl (C=O) groups excluding carboxylic acids is 1. The lowest BCUT2D eigenvalue weighted by atomic mass is 10.1. The van der Waals surface area contributed by atoms with Crippen molar-refractivity contribution in [1.82, 2.24) is 10.2 Å². The normalized spacial score (nSPS) is 13.1. The molecule has 0 saturated carbocycles. The van der Waals surface area contributed by atoms with Crippen LogP contribution in [-0.4, -0.2) is 38.0 Å². The smallest absolute Gasteiger partial charge is 0.237 e. The molecule has 0 spiro atoms. The van der Waals surface area contributed by atoms with Crippen LogP contribution in [0.2, 0.25) is 0 Å². The maximum atomic E-state index is 11.3. The lowest BCUT2D eigenvalue weighted by molar-refractivity contribution is -0.125. The third-order valence-electron chi connectivity index (χ3n) is 2.00. The highest BCUT2D eigenvalue weighted by atomic mass is 16.2. The second kappa shape index (κ2) is 6.00. The lowest BCUT2D eigenvalue weighted by Crippen LogP contribution is -2.41.